The number of hydrogen-bond donors (Lipinski definition) is 0. The van der Waals surface area contributed by atoms with Crippen LogP contribution >= 0.6 is 0 Å². The molecule has 10 heteroatoms. The number of hydrogen-bond acceptors (Lipinski definition) is 0. The van der Waals surface area contributed by atoms with Gasteiger partial charge in [0.2, 0.25) is 0 Å². The molecular formula is H9ClN6S3. The summed E-state index contributed by atoms with van der Waals surface area (Å²) in [7, 11) is 0. The third kappa shape index (κ3) is 241000. The van der Waals surface area contributed by atoms with Crippen molar-refractivity contribution < 1.29 is 12.4 Å². The minimum atomic E-state index is 0. The largest absolute Gasteiger partial charge is 1.00 e. The fourth-order valence-corrected chi connectivity index (χ4v) is 0. The molecule has 0 aliphatic carbocycles. The molecule has 6 nitrogen and oxygen atoms in total. The maximum absolute atomic E-state index is 6.75. The van der Waals surface area contributed by atoms with Gasteiger partial charge in [-0.15, -0.1) is 0 Å². The Morgan fingerprint density at radius 2 is 0.600 bits per heavy atom. The van der Waals surface area contributed by atoms with Gasteiger partial charge < -0.3 is 34.5 Å². The zero-order chi connectivity index (χ0) is 5.41. The lowest BCUT2D eigenvalue weighted by molar-refractivity contribution is -0.00000181. The molecule has 0 aromatic carbocycles. The summed E-state index contributed by atoms with van der Waals surface area (Å²) in [5.74, 6) is 0. The molecule has 64 valence electrons. The van der Waals surface area contributed by atoms with Crippen LogP contribution in [-0.4, -0.2) is 0 Å². The van der Waals surface area contributed by atoms with Crippen molar-refractivity contribution in [2.45, 2.75) is 0 Å². The van der Waals surface area contributed by atoms with Gasteiger partial charge in [-0.05, 0) is 0 Å². The van der Waals surface area contributed by atoms with Crippen molar-refractivity contribution in [3.63, 3.8) is 0 Å². The molecule has 0 rings (SSSR count). The monoisotopic (exact) mass is 224 g/mol. The van der Waals surface area contributed by atoms with Gasteiger partial charge in [0.25, 0.3) is 0 Å². The second kappa shape index (κ2) is 148. The molecule has 0 fully saturated rings. The summed E-state index contributed by atoms with van der Waals surface area (Å²) in [6.07, 6.45) is 0. The average molecular weight is 225 g/mol. The van der Waals surface area contributed by atoms with E-state index in [1.807, 2.05) is 0 Å². The average Bonchev–Trinajstić information content (AvgIpc) is 1.39. The van der Waals surface area contributed by atoms with Crippen molar-refractivity contribution in [3.05, 3.63) is 31.9 Å². The van der Waals surface area contributed by atoms with Crippen LogP contribution in [0.4, 0.5) is 0 Å². The molecule has 0 aliphatic rings. The van der Waals surface area contributed by atoms with Crippen LogP contribution in [0.3, 0.4) is 0 Å². The van der Waals surface area contributed by atoms with Crippen molar-refractivity contribution in [2.24, 2.45) is 0 Å². The number of halogens is 1. The van der Waals surface area contributed by atoms with Gasteiger partial charge in [0.1, 0.15) is 0 Å². The Bertz CT molecular complexity index is 67.0. The molecule has 0 N–H and O–H groups in total. The van der Waals surface area contributed by atoms with Gasteiger partial charge in [0.05, 0.1) is 0 Å². The molecule has 0 atom stereocenters. The number of nitrogens with zero attached hydrogens (tertiary/aromatic N) is 6. The zero-order valence-corrected chi connectivity index (χ0v) is 9.01. The minimum absolute atomic E-state index is 0. The third-order valence-corrected chi connectivity index (χ3v) is 0. The van der Waals surface area contributed by atoms with Crippen LogP contribution < -0.4 is 12.4 Å². The molecule has 0 aromatic heterocycles. The Balaban J connectivity index is -0.00000000571. The first-order valence-corrected chi connectivity index (χ1v) is 0.800. The minimum Gasteiger partial charge on any atom is -1.00 e. The van der Waals surface area contributed by atoms with E-state index in [9.17, 15) is 0 Å². The van der Waals surface area contributed by atoms with Crippen LogP contribution in [0, 0.1) is 0 Å². The molecule has 0 bridgehead atoms. The fourth-order valence-electron chi connectivity index (χ4n) is 0. The Morgan fingerprint density at radius 1 is 0.600 bits per heavy atom. The Morgan fingerprint density at radius 3 is 0.600 bits per heavy atom. The molecule has 0 radical (unpaired) electrons. The van der Waals surface area contributed by atoms with Crippen molar-refractivity contribution in [1.82, 2.24) is 0 Å². The van der Waals surface area contributed by atoms with Gasteiger partial charge in [-0.1, -0.05) is 40.5 Å². The van der Waals surface area contributed by atoms with Crippen LogP contribution in [0.15, 0.2) is 0 Å². The van der Waals surface area contributed by atoms with Crippen molar-refractivity contribution >= 4 is 40.5 Å². The zero-order valence-electron chi connectivity index (χ0n) is 4.79. The highest BCUT2D eigenvalue weighted by Crippen LogP contribution is 1.29. The van der Waals surface area contributed by atoms with E-state index in [4.69, 9.17) is 22.1 Å². The molecule has 0 spiro atoms. The van der Waals surface area contributed by atoms with Crippen molar-refractivity contribution in [1.29, 1.82) is 0 Å². The first-order chi connectivity index (χ1) is 2.83. The van der Waals surface area contributed by atoms with Crippen LogP contribution in [0.1, 0.15) is 0 Å². The lowest BCUT2D eigenvalue weighted by atomic mass is 13.0. The van der Waals surface area contributed by atoms with Crippen LogP contribution in [-0.2, 0) is 40.5 Å². The van der Waals surface area contributed by atoms with E-state index < -0.39 is 0 Å². The second-order valence-electron chi connectivity index (χ2n) is 0.179. The van der Waals surface area contributed by atoms with Crippen LogP contribution in [0.2, 0.25) is 0 Å². The van der Waals surface area contributed by atoms with E-state index in [1.54, 1.807) is 0 Å². The highest BCUT2D eigenvalue weighted by molar-refractivity contribution is 7.37. The predicted molar refractivity (Wildman–Crippen MR) is 54.8 cm³/mol. The normalized spacial score (nSPS) is 1.60. The van der Waals surface area contributed by atoms with Crippen LogP contribution in [0.5, 0.6) is 0 Å². The summed E-state index contributed by atoms with van der Waals surface area (Å²) < 4.78 is 0. The van der Waals surface area contributed by atoms with E-state index in [2.05, 4.69) is 0 Å². The topological polar surface area (TPSA) is 117 Å². The Kier molecular flexibility index (Phi) is 754. The lowest BCUT2D eigenvalue weighted by Crippen LogP contribution is -3.00. The molecule has 0 saturated carbocycles. The molecule has 0 heterocycles. The van der Waals surface area contributed by atoms with E-state index in [0.29, 0.717) is 0 Å². The molecule has 0 aromatic rings. The van der Waals surface area contributed by atoms with Crippen molar-refractivity contribution in [3.8, 4) is 0 Å². The first-order valence-electron chi connectivity index (χ1n) is 0.800. The fraction of sp³-hybridized carbons (Fsp3) is 0. The van der Waals surface area contributed by atoms with E-state index in [0.717, 1.165) is 0 Å². The molecule has 0 aliphatic heterocycles. The third-order valence-electron chi connectivity index (χ3n) is 0. The quantitative estimate of drug-likeness (QED) is 0.174. The Labute approximate surface area is 85.0 Å². The highest BCUT2D eigenvalue weighted by Gasteiger charge is 0.691. The van der Waals surface area contributed by atoms with Crippen LogP contribution in [0.25, 0.3) is 31.9 Å². The molecular weight excluding hydrogens is 216 g/mol. The summed E-state index contributed by atoms with van der Waals surface area (Å²) >= 11 is 0. The molecule has 0 unspecified atom stereocenters. The molecule has 10 heavy (non-hydrogen) atoms. The maximum atomic E-state index is 6.75. The summed E-state index contributed by atoms with van der Waals surface area (Å²) in [4.78, 5) is 3.00. The summed E-state index contributed by atoms with van der Waals surface area (Å²) in [6.45, 7) is 0. The predicted octanol–water partition coefficient (Wildman–Crippen LogP) is -3.68. The van der Waals surface area contributed by atoms with Gasteiger partial charge in [-0.3, -0.25) is 9.82 Å². The SMILES string of the molecule is [Cl-].[N-]=[N+]=[N-].[N-]=[N+]=[N-].[SH3+].[SH3+].[SH3+]. The van der Waals surface area contributed by atoms with E-state index in [1.165, 1.54) is 9.82 Å². The second-order valence-corrected chi connectivity index (χ2v) is 0.179. The van der Waals surface area contributed by atoms with E-state index in [-0.39, 0.29) is 52.9 Å². The van der Waals surface area contributed by atoms with E-state index >= 15 is 0 Å². The van der Waals surface area contributed by atoms with Gasteiger partial charge in [-0.2, -0.15) is 0 Å². The maximum Gasteiger partial charge on any atom is -0.0576 e. The smallest absolute Gasteiger partial charge is 0.0576 e. The first kappa shape index (κ1) is 51.0. The highest BCUT2D eigenvalue weighted by atomic mass is 35.5. The van der Waals surface area contributed by atoms with Gasteiger partial charge in [-0.25, -0.2) is 0 Å². The van der Waals surface area contributed by atoms with Crippen molar-refractivity contribution in [2.75, 3.05) is 0 Å². The van der Waals surface area contributed by atoms with Gasteiger partial charge in [0.15, 0.2) is 0 Å². The Hall–Kier alpha value is -0.0400. The van der Waals surface area contributed by atoms with Gasteiger partial charge >= 0.3 is 0 Å². The summed E-state index contributed by atoms with van der Waals surface area (Å²) in [5, 5.41) is 0. The standard InChI is InChI=1S/ClH.2N3.3H2S/c;2*1-3-2;;;/h1H;;;3*1H2/q;2*-1;;;/p+2. The summed E-state index contributed by atoms with van der Waals surface area (Å²) in [6, 6.07) is 0. The molecule has 0 amide bonds. The number of rotatable bonds is 0. The lowest BCUT2D eigenvalue weighted by Gasteiger charge is -1.32. The summed E-state index contributed by atoms with van der Waals surface area (Å²) in [5.41, 5.74) is 27.0. The molecule has 0 saturated heterocycles. The van der Waals surface area contributed by atoms with Gasteiger partial charge in [0, 0.05) is 0 Å².